The molecule has 0 N–H and O–H groups in total. The fraction of sp³-hybridized carbons (Fsp3) is 0.320. The summed E-state index contributed by atoms with van der Waals surface area (Å²) in [5.41, 5.74) is -0.518. The van der Waals surface area contributed by atoms with Crippen LogP contribution in [0.2, 0.25) is 15.1 Å². The molecule has 1 amide bonds. The first-order valence-electron chi connectivity index (χ1n) is 11.1. The van der Waals surface area contributed by atoms with Gasteiger partial charge in [0.2, 0.25) is 5.91 Å². The molecular formula is C25H19Cl3F3N3O2S. The van der Waals surface area contributed by atoms with Crippen molar-refractivity contribution >= 4 is 52.0 Å². The molecule has 3 heterocycles. The molecule has 0 unspecified atom stereocenters. The van der Waals surface area contributed by atoms with E-state index in [1.54, 1.807) is 23.1 Å². The van der Waals surface area contributed by atoms with Crippen molar-refractivity contribution in [3.63, 3.8) is 0 Å². The third kappa shape index (κ3) is 6.68. The number of carbonyl (C=O) groups is 1. The van der Waals surface area contributed by atoms with Gasteiger partial charge in [0.25, 0.3) is 5.56 Å². The zero-order chi connectivity index (χ0) is 26.7. The van der Waals surface area contributed by atoms with Crippen LogP contribution in [0.5, 0.6) is 0 Å². The van der Waals surface area contributed by atoms with Crippen LogP contribution in [0.15, 0.2) is 40.6 Å². The summed E-state index contributed by atoms with van der Waals surface area (Å²) >= 11 is 19.5. The number of pyridine rings is 1. The first-order chi connectivity index (χ1) is 17.5. The average molecular weight is 589 g/mol. The topological polar surface area (TPSA) is 55.2 Å². The lowest BCUT2D eigenvalue weighted by atomic mass is 9.97. The Morgan fingerprint density at radius 1 is 1.14 bits per heavy atom. The molecule has 0 bridgehead atoms. The van der Waals surface area contributed by atoms with E-state index < -0.39 is 34.8 Å². The number of benzene rings is 1. The third-order valence-corrected chi connectivity index (χ3v) is 7.92. The number of hydrogen-bond acceptors (Lipinski definition) is 4. The van der Waals surface area contributed by atoms with Crippen molar-refractivity contribution in [3.8, 4) is 11.8 Å². The first-order valence-corrected chi connectivity index (χ1v) is 13.2. The highest BCUT2D eigenvalue weighted by Crippen LogP contribution is 2.31. The summed E-state index contributed by atoms with van der Waals surface area (Å²) in [6, 6.07) is 5.86. The summed E-state index contributed by atoms with van der Waals surface area (Å²) in [6.07, 6.45) is -2.39. The number of alkyl halides is 3. The second kappa shape index (κ2) is 11.5. The van der Waals surface area contributed by atoms with Crippen molar-refractivity contribution < 1.29 is 18.0 Å². The van der Waals surface area contributed by atoms with E-state index in [1.807, 2.05) is 5.38 Å². The van der Waals surface area contributed by atoms with E-state index in [2.05, 4.69) is 16.8 Å². The number of halogens is 6. The molecular weight excluding hydrogens is 570 g/mol. The summed E-state index contributed by atoms with van der Waals surface area (Å²) in [7, 11) is 0. The van der Waals surface area contributed by atoms with E-state index in [4.69, 9.17) is 34.8 Å². The molecule has 0 atom stereocenters. The van der Waals surface area contributed by atoms with Crippen molar-refractivity contribution in [2.24, 2.45) is 0 Å². The lowest BCUT2D eigenvalue weighted by molar-refractivity contribution is -0.139. The van der Waals surface area contributed by atoms with Gasteiger partial charge < -0.3 is 9.47 Å². The van der Waals surface area contributed by atoms with Crippen molar-refractivity contribution in [1.82, 2.24) is 14.5 Å². The summed E-state index contributed by atoms with van der Waals surface area (Å²) in [5, 5.41) is 3.32. The number of carbonyl (C=O) groups excluding carboxylic acids is 1. The summed E-state index contributed by atoms with van der Waals surface area (Å²) in [5.74, 6) is 5.77. The molecule has 1 saturated heterocycles. The molecule has 0 aliphatic carbocycles. The maximum absolute atomic E-state index is 13.1. The second-order valence-corrected chi connectivity index (χ2v) is 10.5. The first kappa shape index (κ1) is 27.5. The molecule has 0 spiro atoms. The summed E-state index contributed by atoms with van der Waals surface area (Å²) in [4.78, 5) is 31.0. The lowest BCUT2D eigenvalue weighted by Crippen LogP contribution is -2.41. The molecule has 5 nitrogen and oxygen atoms in total. The summed E-state index contributed by atoms with van der Waals surface area (Å²) in [6.45, 7) is 0.284. The van der Waals surface area contributed by atoms with Crippen LogP contribution >= 0.6 is 46.1 Å². The van der Waals surface area contributed by atoms with Gasteiger partial charge in [-0.05, 0) is 37.0 Å². The van der Waals surface area contributed by atoms with Crippen LogP contribution in [-0.4, -0.2) is 33.4 Å². The van der Waals surface area contributed by atoms with E-state index in [0.29, 0.717) is 64.9 Å². The van der Waals surface area contributed by atoms with Crippen LogP contribution in [0.4, 0.5) is 13.2 Å². The normalized spacial score (nSPS) is 14.4. The molecule has 1 aromatic carbocycles. The standard InChI is InChI=1S/C25H19Cl3F3N3O2S/c26-19-5-2-6-20(27)18(19)4-1-3-17-14-37-23(32-17)15-7-9-33(10-8-15)22(35)13-34-12-16(25(29,30)31)11-21(28)24(34)36/h2,5-6,11-12,14-15H,4,7-10,13H2. The van der Waals surface area contributed by atoms with Gasteiger partial charge in [0, 0.05) is 52.6 Å². The Bertz CT molecular complexity index is 1410. The maximum atomic E-state index is 13.1. The number of piperidine rings is 1. The van der Waals surface area contributed by atoms with Gasteiger partial charge in [-0.15, -0.1) is 11.3 Å². The monoisotopic (exact) mass is 587 g/mol. The van der Waals surface area contributed by atoms with Crippen molar-refractivity contribution in [1.29, 1.82) is 0 Å². The fourth-order valence-electron chi connectivity index (χ4n) is 3.95. The van der Waals surface area contributed by atoms with Gasteiger partial charge in [0.1, 0.15) is 17.3 Å². The van der Waals surface area contributed by atoms with Gasteiger partial charge in [-0.2, -0.15) is 13.2 Å². The highest BCUT2D eigenvalue weighted by Gasteiger charge is 2.33. The Hall–Kier alpha value is -2.51. The van der Waals surface area contributed by atoms with Gasteiger partial charge in [-0.1, -0.05) is 46.8 Å². The Balaban J connectivity index is 1.35. The van der Waals surface area contributed by atoms with Gasteiger partial charge in [0.05, 0.1) is 10.6 Å². The number of aromatic nitrogens is 2. The summed E-state index contributed by atoms with van der Waals surface area (Å²) < 4.78 is 39.9. The van der Waals surface area contributed by atoms with Gasteiger partial charge in [0.15, 0.2) is 0 Å². The van der Waals surface area contributed by atoms with E-state index in [0.717, 1.165) is 10.6 Å². The van der Waals surface area contributed by atoms with Crippen LogP contribution < -0.4 is 5.56 Å². The molecule has 1 fully saturated rings. The molecule has 1 aliphatic heterocycles. The van der Waals surface area contributed by atoms with Crippen LogP contribution in [0.25, 0.3) is 0 Å². The van der Waals surface area contributed by atoms with Crippen molar-refractivity contribution in [2.45, 2.75) is 37.9 Å². The molecule has 0 saturated carbocycles. The van der Waals surface area contributed by atoms with Crippen LogP contribution in [-0.2, 0) is 23.9 Å². The van der Waals surface area contributed by atoms with Gasteiger partial charge in [-0.3, -0.25) is 9.59 Å². The minimum absolute atomic E-state index is 0.133. The molecule has 2 aromatic heterocycles. The Kier molecular flexibility index (Phi) is 8.54. The maximum Gasteiger partial charge on any atom is 0.417 e. The molecule has 1 aliphatic rings. The highest BCUT2D eigenvalue weighted by molar-refractivity contribution is 7.09. The third-order valence-electron chi connectivity index (χ3n) is 5.94. The number of likely N-dealkylation sites (tertiary alicyclic amines) is 1. The minimum Gasteiger partial charge on any atom is -0.341 e. The Morgan fingerprint density at radius 3 is 2.46 bits per heavy atom. The number of thiazole rings is 1. The Labute approximate surface area is 229 Å². The van der Waals surface area contributed by atoms with E-state index in [1.165, 1.54) is 11.3 Å². The quantitative estimate of drug-likeness (QED) is 0.337. The second-order valence-electron chi connectivity index (χ2n) is 8.41. The van der Waals surface area contributed by atoms with Crippen molar-refractivity contribution in [2.75, 3.05) is 13.1 Å². The largest absolute Gasteiger partial charge is 0.417 e. The number of rotatable bonds is 4. The van der Waals surface area contributed by atoms with Crippen LogP contribution in [0.1, 0.15) is 40.6 Å². The number of hydrogen-bond donors (Lipinski definition) is 0. The number of nitrogens with zero attached hydrogens (tertiary/aromatic N) is 3. The molecule has 3 aromatic rings. The SMILES string of the molecule is O=C(Cn1cc(C(F)(F)F)cc(Cl)c1=O)N1CCC(c2nc(C#CCc3c(Cl)cccc3Cl)cs2)CC1. The highest BCUT2D eigenvalue weighted by atomic mass is 35.5. The fourth-order valence-corrected chi connectivity index (χ4v) is 5.63. The predicted octanol–water partition coefficient (Wildman–Crippen LogP) is 6.28. The van der Waals surface area contributed by atoms with E-state index in [9.17, 15) is 22.8 Å². The van der Waals surface area contributed by atoms with E-state index in [-0.39, 0.29) is 5.92 Å². The van der Waals surface area contributed by atoms with Gasteiger partial charge in [-0.25, -0.2) is 4.98 Å². The smallest absolute Gasteiger partial charge is 0.341 e. The molecule has 0 radical (unpaired) electrons. The molecule has 12 heteroatoms. The van der Waals surface area contributed by atoms with Crippen LogP contribution in [0, 0.1) is 11.8 Å². The average Bonchev–Trinajstić information content (AvgIpc) is 3.32. The lowest BCUT2D eigenvalue weighted by Gasteiger charge is -2.31. The zero-order valence-electron chi connectivity index (χ0n) is 19.1. The van der Waals surface area contributed by atoms with Crippen molar-refractivity contribution in [3.05, 3.63) is 83.1 Å². The Morgan fingerprint density at radius 2 is 1.81 bits per heavy atom. The zero-order valence-corrected chi connectivity index (χ0v) is 22.2. The molecule has 194 valence electrons. The van der Waals surface area contributed by atoms with Gasteiger partial charge >= 0.3 is 6.18 Å². The van der Waals surface area contributed by atoms with Crippen LogP contribution in [0.3, 0.4) is 0 Å². The van der Waals surface area contributed by atoms with E-state index >= 15 is 0 Å². The minimum atomic E-state index is -4.68. The predicted molar refractivity (Wildman–Crippen MR) is 138 cm³/mol. The molecule has 37 heavy (non-hydrogen) atoms. The molecule has 4 rings (SSSR count). The number of amides is 1.